The summed E-state index contributed by atoms with van der Waals surface area (Å²) in [7, 11) is -0.150. The van der Waals surface area contributed by atoms with Gasteiger partial charge in [0.1, 0.15) is 11.4 Å². The third kappa shape index (κ3) is 4.20. The van der Waals surface area contributed by atoms with E-state index >= 15 is 0 Å². The van der Waals surface area contributed by atoms with Gasteiger partial charge in [-0.2, -0.15) is 4.31 Å². The molecule has 1 amide bonds. The molecule has 8 nitrogen and oxygen atoms in total. The van der Waals surface area contributed by atoms with E-state index in [1.54, 1.807) is 13.8 Å². The molecule has 0 aromatic heterocycles. The lowest BCUT2D eigenvalue weighted by Gasteiger charge is -2.42. The molecular weight excluding hydrogens is 358 g/mol. The molecule has 0 aromatic carbocycles. The molecule has 26 heavy (non-hydrogen) atoms. The molecule has 0 unspecified atom stereocenters. The monoisotopic (exact) mass is 389 g/mol. The normalized spacial score (nSPS) is 24.7. The van der Waals surface area contributed by atoms with Gasteiger partial charge in [-0.25, -0.2) is 13.2 Å². The molecule has 2 heterocycles. The van der Waals surface area contributed by atoms with Gasteiger partial charge in [0.25, 0.3) is 0 Å². The van der Waals surface area contributed by atoms with Gasteiger partial charge in [0, 0.05) is 20.1 Å². The fourth-order valence-corrected chi connectivity index (χ4v) is 6.04. The number of hydrogen-bond donors (Lipinski definition) is 1. The van der Waals surface area contributed by atoms with Gasteiger partial charge in [-0.15, -0.1) is 0 Å². The molecule has 2 rings (SSSR count). The average molecular weight is 390 g/mol. The fraction of sp³-hybridized carbons (Fsp3) is 0.882. The maximum Gasteiger partial charge on any atom is 0.326 e. The van der Waals surface area contributed by atoms with Crippen LogP contribution in [0, 0.1) is 11.8 Å². The third-order valence-corrected chi connectivity index (χ3v) is 7.81. The fourth-order valence-electron chi connectivity index (χ4n) is 3.89. The smallest absolute Gasteiger partial charge is 0.326 e. The summed E-state index contributed by atoms with van der Waals surface area (Å²) < 4.78 is 27.1. The highest BCUT2D eigenvalue weighted by Gasteiger charge is 2.46. The standard InChI is InChI=1S/C17H31N3O5S/c1-12(2)15(17(22)23)19(4)16(21)13-10-20(11-13)26(24,25)14-8-6-5-7-9-18(14)3/h12-15H,5-11H2,1-4H3,(H,22,23)/t14-,15-/m0/s1. The second kappa shape index (κ2) is 8.22. The van der Waals surface area contributed by atoms with Gasteiger partial charge < -0.3 is 10.0 Å². The van der Waals surface area contributed by atoms with E-state index in [2.05, 4.69) is 0 Å². The van der Waals surface area contributed by atoms with Crippen LogP contribution in [0.1, 0.15) is 39.5 Å². The first kappa shape index (κ1) is 21.1. The van der Waals surface area contributed by atoms with Crippen molar-refractivity contribution in [1.82, 2.24) is 14.1 Å². The Morgan fingerprint density at radius 1 is 1.15 bits per heavy atom. The molecule has 1 N–H and O–H groups in total. The number of likely N-dealkylation sites (tertiary alicyclic amines) is 1. The van der Waals surface area contributed by atoms with Crippen LogP contribution >= 0.6 is 0 Å². The van der Waals surface area contributed by atoms with Crippen LogP contribution in [-0.4, -0.2) is 84.7 Å². The Morgan fingerprint density at radius 2 is 1.77 bits per heavy atom. The highest BCUT2D eigenvalue weighted by atomic mass is 32.2. The van der Waals surface area contributed by atoms with Crippen LogP contribution < -0.4 is 0 Å². The van der Waals surface area contributed by atoms with Crippen LogP contribution in [0.5, 0.6) is 0 Å². The predicted octanol–water partition coefficient (Wildman–Crippen LogP) is 0.648. The summed E-state index contributed by atoms with van der Waals surface area (Å²) in [6.07, 6.45) is 3.54. The topological polar surface area (TPSA) is 98.2 Å². The zero-order valence-corrected chi connectivity index (χ0v) is 16.9. The van der Waals surface area contributed by atoms with E-state index in [4.69, 9.17) is 0 Å². The van der Waals surface area contributed by atoms with E-state index in [-0.39, 0.29) is 24.9 Å². The number of sulfonamides is 1. The molecular formula is C17H31N3O5S. The van der Waals surface area contributed by atoms with Crippen LogP contribution in [0.15, 0.2) is 0 Å². The molecule has 2 atom stereocenters. The minimum absolute atomic E-state index is 0.139. The van der Waals surface area contributed by atoms with Crippen molar-refractivity contribution < 1.29 is 23.1 Å². The zero-order chi connectivity index (χ0) is 19.6. The van der Waals surface area contributed by atoms with Crippen LogP contribution in [-0.2, 0) is 19.6 Å². The number of carbonyl (C=O) groups is 2. The Bertz CT molecular complexity index is 630. The van der Waals surface area contributed by atoms with Crippen molar-refractivity contribution in [2.75, 3.05) is 33.7 Å². The van der Waals surface area contributed by atoms with Crippen molar-refractivity contribution in [3.63, 3.8) is 0 Å². The lowest BCUT2D eigenvalue weighted by molar-refractivity contribution is -0.154. The van der Waals surface area contributed by atoms with Crippen molar-refractivity contribution >= 4 is 21.9 Å². The van der Waals surface area contributed by atoms with E-state index < -0.39 is 33.3 Å². The molecule has 0 saturated carbocycles. The molecule has 0 aliphatic carbocycles. The number of aliphatic carboxylic acids is 1. The van der Waals surface area contributed by atoms with Crippen molar-refractivity contribution in [2.45, 2.75) is 50.9 Å². The molecule has 0 aromatic rings. The molecule has 2 fully saturated rings. The Morgan fingerprint density at radius 3 is 2.31 bits per heavy atom. The summed E-state index contributed by atoms with van der Waals surface area (Å²) in [6, 6.07) is -0.902. The minimum atomic E-state index is -3.47. The maximum atomic E-state index is 12.9. The number of rotatable bonds is 6. The first-order valence-electron chi connectivity index (χ1n) is 9.26. The van der Waals surface area contributed by atoms with Crippen molar-refractivity contribution in [2.24, 2.45) is 11.8 Å². The second-order valence-corrected chi connectivity index (χ2v) is 9.91. The van der Waals surface area contributed by atoms with Gasteiger partial charge in [0.05, 0.1) is 5.92 Å². The van der Waals surface area contributed by atoms with Crippen LogP contribution in [0.2, 0.25) is 0 Å². The Kier molecular flexibility index (Phi) is 6.68. The number of carboxylic acid groups (broad SMARTS) is 1. The largest absolute Gasteiger partial charge is 0.480 e. The summed E-state index contributed by atoms with van der Waals surface area (Å²) in [4.78, 5) is 27.1. The highest BCUT2D eigenvalue weighted by molar-refractivity contribution is 7.89. The summed E-state index contributed by atoms with van der Waals surface area (Å²) in [5.41, 5.74) is 0. The molecule has 2 aliphatic heterocycles. The molecule has 2 aliphatic rings. The second-order valence-electron chi connectivity index (χ2n) is 7.82. The molecule has 150 valence electrons. The Hall–Kier alpha value is -1.19. The molecule has 2 saturated heterocycles. The number of amides is 1. The number of likely N-dealkylation sites (N-methyl/N-ethyl adjacent to an activating group) is 1. The van der Waals surface area contributed by atoms with E-state index in [0.717, 1.165) is 25.8 Å². The Labute approximate surface area is 156 Å². The quantitative estimate of drug-likeness (QED) is 0.716. The lowest BCUT2D eigenvalue weighted by Crippen LogP contribution is -2.61. The van der Waals surface area contributed by atoms with Crippen LogP contribution in [0.4, 0.5) is 0 Å². The Balaban J connectivity index is 2.00. The van der Waals surface area contributed by atoms with Gasteiger partial charge in [-0.1, -0.05) is 26.7 Å². The summed E-state index contributed by atoms with van der Waals surface area (Å²) in [6.45, 7) is 4.54. The first-order valence-corrected chi connectivity index (χ1v) is 10.8. The molecule has 0 radical (unpaired) electrons. The number of carbonyl (C=O) groups excluding carboxylic acids is 1. The lowest BCUT2D eigenvalue weighted by atomic mass is 9.97. The van der Waals surface area contributed by atoms with Crippen molar-refractivity contribution in [3.8, 4) is 0 Å². The summed E-state index contributed by atoms with van der Waals surface area (Å²) >= 11 is 0. The maximum absolute atomic E-state index is 12.9. The van der Waals surface area contributed by atoms with Gasteiger partial charge in [-0.05, 0) is 32.4 Å². The van der Waals surface area contributed by atoms with Crippen molar-refractivity contribution in [1.29, 1.82) is 0 Å². The molecule has 0 spiro atoms. The average Bonchev–Trinajstić information content (AvgIpc) is 2.69. The summed E-state index contributed by atoms with van der Waals surface area (Å²) in [5, 5.41) is 8.81. The number of carboxylic acids is 1. The van der Waals surface area contributed by atoms with E-state index in [0.29, 0.717) is 6.42 Å². The zero-order valence-electron chi connectivity index (χ0n) is 16.1. The van der Waals surface area contributed by atoms with Gasteiger partial charge in [0.2, 0.25) is 15.9 Å². The first-order chi connectivity index (χ1) is 12.1. The van der Waals surface area contributed by atoms with Gasteiger partial charge in [0.15, 0.2) is 0 Å². The minimum Gasteiger partial charge on any atom is -0.480 e. The summed E-state index contributed by atoms with van der Waals surface area (Å²) in [5.74, 6) is -2.03. The number of hydrogen-bond acceptors (Lipinski definition) is 5. The van der Waals surface area contributed by atoms with E-state index in [9.17, 15) is 23.1 Å². The third-order valence-electron chi connectivity index (χ3n) is 5.50. The van der Waals surface area contributed by atoms with Gasteiger partial charge in [-0.3, -0.25) is 9.69 Å². The SMILES string of the molecule is CC(C)[C@@H](C(=O)O)N(C)C(=O)C1CN(S(=O)(=O)[C@H]2CCCCCN2C)C1. The van der Waals surface area contributed by atoms with Crippen LogP contribution in [0.25, 0.3) is 0 Å². The number of nitrogens with zero attached hydrogens (tertiary/aromatic N) is 3. The predicted molar refractivity (Wildman–Crippen MR) is 97.9 cm³/mol. The van der Waals surface area contributed by atoms with E-state index in [1.165, 1.54) is 16.3 Å². The van der Waals surface area contributed by atoms with E-state index in [1.807, 2.05) is 11.9 Å². The van der Waals surface area contributed by atoms with Crippen molar-refractivity contribution in [3.05, 3.63) is 0 Å². The van der Waals surface area contributed by atoms with Gasteiger partial charge >= 0.3 is 5.97 Å². The molecule has 0 bridgehead atoms. The van der Waals surface area contributed by atoms with Crippen LogP contribution in [0.3, 0.4) is 0 Å². The molecule has 9 heteroatoms. The highest BCUT2D eigenvalue weighted by Crippen LogP contribution is 2.29.